The van der Waals surface area contributed by atoms with Gasteiger partial charge in [0.2, 0.25) is 11.8 Å². The lowest BCUT2D eigenvalue weighted by Gasteiger charge is -2.40. The van der Waals surface area contributed by atoms with Gasteiger partial charge >= 0.3 is 0 Å². The third kappa shape index (κ3) is 4.50. The molecule has 2 unspecified atom stereocenters. The third-order valence-corrected chi connectivity index (χ3v) is 4.00. The summed E-state index contributed by atoms with van der Waals surface area (Å²) in [7, 11) is 0. The smallest absolute Gasteiger partial charge is 0.245 e. The Balaban J connectivity index is 2.49. The van der Waals surface area contributed by atoms with Crippen molar-refractivity contribution in [3.63, 3.8) is 0 Å². The van der Waals surface area contributed by atoms with E-state index in [2.05, 4.69) is 12.2 Å². The van der Waals surface area contributed by atoms with Crippen LogP contribution in [0.25, 0.3) is 0 Å². The molecule has 2 atom stereocenters. The molecule has 1 rings (SSSR count). The second kappa shape index (κ2) is 8.28. The minimum absolute atomic E-state index is 0.00178. The van der Waals surface area contributed by atoms with Crippen molar-refractivity contribution in [2.75, 3.05) is 6.54 Å². The number of piperazine rings is 1. The van der Waals surface area contributed by atoms with Gasteiger partial charge in [0.15, 0.2) is 0 Å². The fourth-order valence-corrected chi connectivity index (χ4v) is 2.86. The molecule has 4 heteroatoms. The first-order chi connectivity index (χ1) is 9.49. The highest BCUT2D eigenvalue weighted by Gasteiger charge is 2.39. The quantitative estimate of drug-likeness (QED) is 0.696. The number of nitrogens with one attached hydrogen (secondary N) is 1. The molecule has 1 aliphatic rings. The summed E-state index contributed by atoms with van der Waals surface area (Å²) in [5.74, 6) is 0.224. The average Bonchev–Trinajstić information content (AvgIpc) is 2.38. The van der Waals surface area contributed by atoms with Gasteiger partial charge in [-0.05, 0) is 19.3 Å². The normalized spacial score (nSPS) is 23.4. The summed E-state index contributed by atoms with van der Waals surface area (Å²) in [5, 5.41) is 2.78. The molecular weight excluding hydrogens is 252 g/mol. The molecule has 1 fully saturated rings. The zero-order valence-electron chi connectivity index (χ0n) is 13.4. The van der Waals surface area contributed by atoms with E-state index in [0.717, 1.165) is 12.8 Å². The Morgan fingerprint density at radius 3 is 2.30 bits per heavy atom. The summed E-state index contributed by atoms with van der Waals surface area (Å²) < 4.78 is 0. The van der Waals surface area contributed by atoms with Crippen molar-refractivity contribution >= 4 is 11.8 Å². The van der Waals surface area contributed by atoms with Crippen LogP contribution >= 0.6 is 0 Å². The molecule has 0 saturated carbocycles. The number of amides is 2. The zero-order valence-corrected chi connectivity index (χ0v) is 13.4. The minimum Gasteiger partial charge on any atom is -0.343 e. The van der Waals surface area contributed by atoms with E-state index in [4.69, 9.17) is 0 Å². The predicted octanol–water partition coefficient (Wildman–Crippen LogP) is 2.72. The van der Waals surface area contributed by atoms with Gasteiger partial charge in [0.25, 0.3) is 0 Å². The Bertz CT molecular complexity index is 328. The van der Waals surface area contributed by atoms with Gasteiger partial charge in [-0.1, -0.05) is 52.9 Å². The van der Waals surface area contributed by atoms with E-state index in [-0.39, 0.29) is 29.8 Å². The number of carbonyl (C=O) groups is 2. The maximum Gasteiger partial charge on any atom is 0.245 e. The highest BCUT2D eigenvalue weighted by atomic mass is 16.2. The molecule has 0 aromatic heterocycles. The van der Waals surface area contributed by atoms with Crippen LogP contribution < -0.4 is 5.32 Å². The van der Waals surface area contributed by atoms with E-state index < -0.39 is 0 Å². The lowest BCUT2D eigenvalue weighted by Crippen LogP contribution is -2.64. The fraction of sp³-hybridized carbons (Fsp3) is 0.875. The zero-order chi connectivity index (χ0) is 15.1. The first-order valence-electron chi connectivity index (χ1n) is 8.09. The van der Waals surface area contributed by atoms with Gasteiger partial charge in [0, 0.05) is 6.54 Å². The number of hydrogen-bond acceptors (Lipinski definition) is 2. The van der Waals surface area contributed by atoms with Gasteiger partial charge < -0.3 is 10.2 Å². The van der Waals surface area contributed by atoms with Crippen molar-refractivity contribution < 1.29 is 9.59 Å². The Morgan fingerprint density at radius 2 is 1.70 bits per heavy atom. The monoisotopic (exact) mass is 282 g/mol. The van der Waals surface area contributed by atoms with Crippen molar-refractivity contribution in [3.05, 3.63) is 0 Å². The summed E-state index contributed by atoms with van der Waals surface area (Å²) in [6, 6.07) is -0.674. The summed E-state index contributed by atoms with van der Waals surface area (Å²) in [5.41, 5.74) is 0. The molecule has 116 valence electrons. The highest BCUT2D eigenvalue weighted by molar-refractivity contribution is 5.96. The molecule has 20 heavy (non-hydrogen) atoms. The first-order valence-corrected chi connectivity index (χ1v) is 8.09. The van der Waals surface area contributed by atoms with Crippen LogP contribution in [0.3, 0.4) is 0 Å². The molecule has 0 radical (unpaired) electrons. The topological polar surface area (TPSA) is 49.4 Å². The first kappa shape index (κ1) is 17.0. The molecule has 0 aromatic carbocycles. The van der Waals surface area contributed by atoms with Crippen LogP contribution in [-0.4, -0.2) is 35.3 Å². The number of rotatable bonds is 8. The lowest BCUT2D eigenvalue weighted by molar-refractivity contribution is -0.150. The minimum atomic E-state index is -0.377. The van der Waals surface area contributed by atoms with Crippen molar-refractivity contribution in [3.8, 4) is 0 Å². The summed E-state index contributed by atoms with van der Waals surface area (Å²) in [6.45, 7) is 8.69. The molecule has 4 nitrogen and oxygen atoms in total. The Morgan fingerprint density at radius 1 is 1.10 bits per heavy atom. The van der Waals surface area contributed by atoms with Crippen molar-refractivity contribution in [2.45, 2.75) is 78.3 Å². The molecular formula is C16H30N2O2. The van der Waals surface area contributed by atoms with Crippen LogP contribution in [0.15, 0.2) is 0 Å². The van der Waals surface area contributed by atoms with Crippen molar-refractivity contribution in [2.24, 2.45) is 5.92 Å². The maximum absolute atomic E-state index is 12.3. The molecule has 1 saturated heterocycles. The molecule has 0 aliphatic carbocycles. The Labute approximate surface area is 123 Å². The lowest BCUT2D eigenvalue weighted by atomic mass is 9.97. The highest BCUT2D eigenvalue weighted by Crippen LogP contribution is 2.18. The van der Waals surface area contributed by atoms with Crippen LogP contribution in [0, 0.1) is 5.92 Å². The van der Waals surface area contributed by atoms with E-state index in [1.807, 2.05) is 13.8 Å². The standard InChI is InChI=1S/C16H30N2O2/c1-5-6-7-8-9-10-11-18-14(12(2)3)15(19)17-13(4)16(18)20/h12-14H,5-11H2,1-4H3,(H,17,19). The Kier molecular flexibility index (Phi) is 7.03. The van der Waals surface area contributed by atoms with E-state index in [0.29, 0.717) is 6.54 Å². The number of unbranched alkanes of at least 4 members (excludes halogenated alkanes) is 5. The number of nitrogens with zero attached hydrogens (tertiary/aromatic N) is 1. The number of carbonyl (C=O) groups excluding carboxylic acids is 2. The number of hydrogen-bond donors (Lipinski definition) is 1. The summed E-state index contributed by atoms with van der Waals surface area (Å²) in [6.07, 6.45) is 7.18. The van der Waals surface area contributed by atoms with Crippen molar-refractivity contribution in [1.29, 1.82) is 0 Å². The molecule has 1 heterocycles. The van der Waals surface area contributed by atoms with E-state index in [1.54, 1.807) is 11.8 Å². The molecule has 1 N–H and O–H groups in total. The summed E-state index contributed by atoms with van der Waals surface area (Å²) in [4.78, 5) is 26.1. The largest absolute Gasteiger partial charge is 0.343 e. The van der Waals surface area contributed by atoms with Gasteiger partial charge in [-0.3, -0.25) is 9.59 Å². The molecule has 0 spiro atoms. The van der Waals surface area contributed by atoms with Gasteiger partial charge in [-0.15, -0.1) is 0 Å². The van der Waals surface area contributed by atoms with Crippen molar-refractivity contribution in [1.82, 2.24) is 10.2 Å². The van der Waals surface area contributed by atoms with Crippen LogP contribution in [-0.2, 0) is 9.59 Å². The van der Waals surface area contributed by atoms with Crippen LogP contribution in [0.4, 0.5) is 0 Å². The fourth-order valence-electron chi connectivity index (χ4n) is 2.86. The molecule has 0 bridgehead atoms. The van der Waals surface area contributed by atoms with Gasteiger partial charge in [-0.2, -0.15) is 0 Å². The van der Waals surface area contributed by atoms with E-state index >= 15 is 0 Å². The van der Waals surface area contributed by atoms with Gasteiger partial charge in [0.05, 0.1) is 0 Å². The second-order valence-corrected chi connectivity index (χ2v) is 6.22. The molecule has 2 amide bonds. The van der Waals surface area contributed by atoms with Crippen LogP contribution in [0.1, 0.15) is 66.2 Å². The van der Waals surface area contributed by atoms with E-state index in [9.17, 15) is 9.59 Å². The van der Waals surface area contributed by atoms with Crippen LogP contribution in [0.5, 0.6) is 0 Å². The second-order valence-electron chi connectivity index (χ2n) is 6.22. The van der Waals surface area contributed by atoms with Gasteiger partial charge in [-0.25, -0.2) is 0 Å². The predicted molar refractivity (Wildman–Crippen MR) is 81.3 cm³/mol. The Hall–Kier alpha value is -1.06. The maximum atomic E-state index is 12.3. The third-order valence-electron chi connectivity index (χ3n) is 4.00. The average molecular weight is 282 g/mol. The molecule has 1 aliphatic heterocycles. The van der Waals surface area contributed by atoms with Crippen LogP contribution in [0.2, 0.25) is 0 Å². The summed E-state index contributed by atoms with van der Waals surface area (Å²) >= 11 is 0. The molecule has 0 aromatic rings. The van der Waals surface area contributed by atoms with E-state index in [1.165, 1.54) is 25.7 Å². The van der Waals surface area contributed by atoms with Gasteiger partial charge in [0.1, 0.15) is 12.1 Å². The SMILES string of the molecule is CCCCCCCCN1C(=O)C(C)NC(=O)C1C(C)C.